The molecule has 2 atom stereocenters. The first-order valence-corrected chi connectivity index (χ1v) is 5.99. The predicted molar refractivity (Wildman–Crippen MR) is 62.7 cm³/mol. The highest BCUT2D eigenvalue weighted by Crippen LogP contribution is 2.20. The molecule has 1 rings (SSSR count). The average Bonchev–Trinajstić information content (AvgIpc) is 2.28. The van der Waals surface area contributed by atoms with E-state index in [1.807, 2.05) is 11.3 Å². The van der Waals surface area contributed by atoms with Gasteiger partial charge >= 0.3 is 0 Å². The normalized spacial score (nSPS) is 15.5. The van der Waals surface area contributed by atoms with Crippen LogP contribution in [0.4, 0.5) is 0 Å². The molecule has 1 aromatic heterocycles. The largest absolute Gasteiger partial charge is 0.328 e. The zero-order valence-corrected chi connectivity index (χ0v) is 10.3. The van der Waals surface area contributed by atoms with Crippen molar-refractivity contribution in [3.63, 3.8) is 0 Å². The van der Waals surface area contributed by atoms with Crippen molar-refractivity contribution in [3.8, 4) is 0 Å². The molecule has 1 aromatic rings. The lowest BCUT2D eigenvalue weighted by Gasteiger charge is -2.11. The van der Waals surface area contributed by atoms with E-state index in [0.29, 0.717) is 12.0 Å². The van der Waals surface area contributed by atoms with Gasteiger partial charge in [-0.15, -0.1) is 11.3 Å². The van der Waals surface area contributed by atoms with E-state index in [9.17, 15) is 0 Å². The molecule has 2 unspecified atom stereocenters. The van der Waals surface area contributed by atoms with Gasteiger partial charge in [-0.1, -0.05) is 6.92 Å². The third-order valence-corrected chi connectivity index (χ3v) is 3.47. The summed E-state index contributed by atoms with van der Waals surface area (Å²) in [5.41, 5.74) is 6.94. The number of aryl methyl sites for hydroxylation is 2. The molecule has 80 valence electrons. The number of aromatic nitrogens is 1. The van der Waals surface area contributed by atoms with Crippen LogP contribution in [0.25, 0.3) is 0 Å². The van der Waals surface area contributed by atoms with Crippen LogP contribution in [-0.2, 0) is 6.42 Å². The third-order valence-electron chi connectivity index (χ3n) is 2.37. The van der Waals surface area contributed by atoms with E-state index in [2.05, 4.69) is 32.7 Å². The molecular weight excluding hydrogens is 192 g/mol. The van der Waals surface area contributed by atoms with Gasteiger partial charge in [0.05, 0.1) is 10.7 Å². The van der Waals surface area contributed by atoms with Gasteiger partial charge in [0.15, 0.2) is 0 Å². The van der Waals surface area contributed by atoms with Crippen LogP contribution < -0.4 is 5.73 Å². The molecule has 2 nitrogen and oxygen atoms in total. The van der Waals surface area contributed by atoms with Crippen molar-refractivity contribution in [2.45, 2.75) is 46.6 Å². The molecular formula is C11H20N2S. The summed E-state index contributed by atoms with van der Waals surface area (Å²) in [5, 5.41) is 1.26. The molecule has 3 heteroatoms. The Morgan fingerprint density at radius 3 is 2.43 bits per heavy atom. The van der Waals surface area contributed by atoms with Crippen LogP contribution in [0, 0.1) is 19.8 Å². The summed E-state index contributed by atoms with van der Waals surface area (Å²) in [7, 11) is 0. The second kappa shape index (κ2) is 4.89. The van der Waals surface area contributed by atoms with Crippen LogP contribution in [0.15, 0.2) is 0 Å². The van der Waals surface area contributed by atoms with Gasteiger partial charge in [-0.2, -0.15) is 0 Å². The molecule has 0 saturated heterocycles. The lowest BCUT2D eigenvalue weighted by molar-refractivity contribution is 0.479. The molecule has 0 bridgehead atoms. The van der Waals surface area contributed by atoms with Crippen LogP contribution in [-0.4, -0.2) is 11.0 Å². The SMILES string of the molecule is Cc1nc(CC(C)CC(C)N)sc1C. The highest BCUT2D eigenvalue weighted by molar-refractivity contribution is 7.11. The fraction of sp³-hybridized carbons (Fsp3) is 0.727. The quantitative estimate of drug-likeness (QED) is 0.833. The molecule has 0 radical (unpaired) electrons. The van der Waals surface area contributed by atoms with E-state index in [-0.39, 0.29) is 0 Å². The minimum absolute atomic E-state index is 0.298. The van der Waals surface area contributed by atoms with E-state index in [1.165, 1.54) is 15.6 Å². The highest BCUT2D eigenvalue weighted by Gasteiger charge is 2.10. The van der Waals surface area contributed by atoms with Crippen molar-refractivity contribution in [1.29, 1.82) is 0 Å². The van der Waals surface area contributed by atoms with Crippen LogP contribution in [0.1, 0.15) is 35.8 Å². The molecule has 1 heterocycles. The summed E-state index contributed by atoms with van der Waals surface area (Å²) >= 11 is 1.82. The molecule has 14 heavy (non-hydrogen) atoms. The zero-order chi connectivity index (χ0) is 10.7. The van der Waals surface area contributed by atoms with E-state index >= 15 is 0 Å². The number of hydrogen-bond acceptors (Lipinski definition) is 3. The summed E-state index contributed by atoms with van der Waals surface area (Å²) in [6.07, 6.45) is 2.15. The smallest absolute Gasteiger partial charge is 0.0933 e. The van der Waals surface area contributed by atoms with Crippen LogP contribution in [0.5, 0.6) is 0 Å². The van der Waals surface area contributed by atoms with Crippen molar-refractivity contribution in [3.05, 3.63) is 15.6 Å². The lowest BCUT2D eigenvalue weighted by Crippen LogP contribution is -2.19. The monoisotopic (exact) mass is 212 g/mol. The summed E-state index contributed by atoms with van der Waals surface area (Å²) in [5.74, 6) is 0.639. The van der Waals surface area contributed by atoms with Gasteiger partial charge in [0, 0.05) is 17.3 Å². The Hall–Kier alpha value is -0.410. The van der Waals surface area contributed by atoms with E-state index < -0.39 is 0 Å². The molecule has 0 saturated carbocycles. The first-order valence-electron chi connectivity index (χ1n) is 5.17. The van der Waals surface area contributed by atoms with Gasteiger partial charge < -0.3 is 5.73 Å². The van der Waals surface area contributed by atoms with Crippen molar-refractivity contribution in [2.75, 3.05) is 0 Å². The molecule has 0 spiro atoms. The summed E-state index contributed by atoms with van der Waals surface area (Å²) in [6, 6.07) is 0.298. The number of thiazole rings is 1. The molecule has 0 fully saturated rings. The number of hydrogen-bond donors (Lipinski definition) is 1. The minimum atomic E-state index is 0.298. The number of rotatable bonds is 4. The first kappa shape index (κ1) is 11.7. The molecule has 0 amide bonds. The average molecular weight is 212 g/mol. The minimum Gasteiger partial charge on any atom is -0.328 e. The Balaban J connectivity index is 2.51. The van der Waals surface area contributed by atoms with E-state index in [0.717, 1.165) is 12.8 Å². The third kappa shape index (κ3) is 3.39. The van der Waals surface area contributed by atoms with Gasteiger partial charge in [0.2, 0.25) is 0 Å². The van der Waals surface area contributed by atoms with Crippen LogP contribution in [0.3, 0.4) is 0 Å². The van der Waals surface area contributed by atoms with Crippen LogP contribution in [0.2, 0.25) is 0 Å². The van der Waals surface area contributed by atoms with Crippen molar-refractivity contribution in [2.24, 2.45) is 11.7 Å². The number of nitrogens with zero attached hydrogens (tertiary/aromatic N) is 1. The van der Waals surface area contributed by atoms with Gasteiger partial charge in [0.1, 0.15) is 0 Å². The summed E-state index contributed by atoms with van der Waals surface area (Å²) in [4.78, 5) is 5.88. The standard InChI is InChI=1S/C11H20N2S/c1-7(5-8(2)12)6-11-13-9(3)10(4)14-11/h7-8H,5-6,12H2,1-4H3. The molecule has 0 aliphatic carbocycles. The highest BCUT2D eigenvalue weighted by atomic mass is 32.1. The van der Waals surface area contributed by atoms with Crippen LogP contribution >= 0.6 is 11.3 Å². The topological polar surface area (TPSA) is 38.9 Å². The van der Waals surface area contributed by atoms with Crippen molar-refractivity contribution in [1.82, 2.24) is 4.98 Å². The maximum Gasteiger partial charge on any atom is 0.0933 e. The second-order valence-electron chi connectivity index (χ2n) is 4.27. The van der Waals surface area contributed by atoms with Gasteiger partial charge in [-0.25, -0.2) is 4.98 Å². The Labute approximate surface area is 90.6 Å². The number of nitrogens with two attached hydrogens (primary N) is 1. The molecule has 2 N–H and O–H groups in total. The summed E-state index contributed by atoms with van der Waals surface area (Å²) in [6.45, 7) is 8.52. The zero-order valence-electron chi connectivity index (χ0n) is 9.50. The fourth-order valence-electron chi connectivity index (χ4n) is 1.64. The Kier molecular flexibility index (Phi) is 4.08. The van der Waals surface area contributed by atoms with Gasteiger partial charge in [0.25, 0.3) is 0 Å². The maximum absolute atomic E-state index is 5.77. The molecule has 0 aromatic carbocycles. The maximum atomic E-state index is 5.77. The van der Waals surface area contributed by atoms with E-state index in [1.54, 1.807) is 0 Å². The Bertz CT molecular complexity index is 272. The van der Waals surface area contributed by atoms with Crippen molar-refractivity contribution < 1.29 is 0 Å². The Morgan fingerprint density at radius 2 is 2.00 bits per heavy atom. The predicted octanol–water partition coefficient (Wildman–Crippen LogP) is 2.68. The molecule has 0 aliphatic rings. The Morgan fingerprint density at radius 1 is 1.36 bits per heavy atom. The van der Waals surface area contributed by atoms with E-state index in [4.69, 9.17) is 5.73 Å². The lowest BCUT2D eigenvalue weighted by atomic mass is 10.0. The summed E-state index contributed by atoms with van der Waals surface area (Å²) < 4.78 is 0. The van der Waals surface area contributed by atoms with Gasteiger partial charge in [-0.3, -0.25) is 0 Å². The van der Waals surface area contributed by atoms with Crippen molar-refractivity contribution >= 4 is 11.3 Å². The fourth-order valence-corrected chi connectivity index (χ4v) is 2.74. The second-order valence-corrected chi connectivity index (χ2v) is 5.56. The van der Waals surface area contributed by atoms with Gasteiger partial charge in [-0.05, 0) is 33.1 Å². The first-order chi connectivity index (χ1) is 6.49. The molecule has 0 aliphatic heterocycles.